The number of nitrogens with two attached hydrogens (primary N) is 1. The molecule has 0 radical (unpaired) electrons. The molecular weight excluding hydrogens is 366 g/mol. The van der Waals surface area contributed by atoms with Crippen LogP contribution in [0.5, 0.6) is 0 Å². The molecular formula is C23H27N3O3. The van der Waals surface area contributed by atoms with Crippen LogP contribution in [0.25, 0.3) is 0 Å². The topological polar surface area (TPSA) is 102 Å². The molecule has 0 aliphatic carbocycles. The van der Waals surface area contributed by atoms with Crippen LogP contribution >= 0.6 is 0 Å². The summed E-state index contributed by atoms with van der Waals surface area (Å²) >= 11 is 0. The molecule has 0 bridgehead atoms. The van der Waals surface area contributed by atoms with Crippen molar-refractivity contribution in [2.75, 3.05) is 0 Å². The monoisotopic (exact) mass is 393 g/mol. The Kier molecular flexibility index (Phi) is 7.53. The quantitative estimate of drug-likeness (QED) is 0.471. The third-order valence-electron chi connectivity index (χ3n) is 4.98. The highest BCUT2D eigenvalue weighted by Gasteiger charge is 2.19. The van der Waals surface area contributed by atoms with Crippen molar-refractivity contribution >= 4 is 5.97 Å². The number of carbonyl (C=O) groups is 1. The predicted octanol–water partition coefficient (Wildman–Crippen LogP) is 4.28. The second kappa shape index (κ2) is 10.5. The first-order chi connectivity index (χ1) is 14.1. The van der Waals surface area contributed by atoms with E-state index in [9.17, 15) is 9.90 Å². The first kappa shape index (κ1) is 20.7. The molecule has 2 unspecified atom stereocenters. The zero-order chi connectivity index (χ0) is 20.5. The largest absolute Gasteiger partial charge is 0.481 e. The van der Waals surface area contributed by atoms with Crippen molar-refractivity contribution in [3.8, 4) is 0 Å². The van der Waals surface area contributed by atoms with E-state index in [2.05, 4.69) is 9.97 Å². The number of hydrogen-bond acceptors (Lipinski definition) is 5. The van der Waals surface area contributed by atoms with E-state index < -0.39 is 5.97 Å². The first-order valence-electron chi connectivity index (χ1n) is 9.98. The summed E-state index contributed by atoms with van der Waals surface area (Å²) in [6, 6.07) is 15.4. The van der Waals surface area contributed by atoms with Gasteiger partial charge in [0.15, 0.2) is 5.89 Å². The number of aliphatic carboxylic acids is 1. The average Bonchev–Trinajstić information content (AvgIpc) is 3.19. The predicted molar refractivity (Wildman–Crippen MR) is 110 cm³/mol. The van der Waals surface area contributed by atoms with E-state index in [-0.39, 0.29) is 18.4 Å². The first-order valence-corrected chi connectivity index (χ1v) is 9.98. The number of pyridine rings is 1. The molecule has 6 heteroatoms. The molecule has 2 heterocycles. The number of nitrogens with zero attached hydrogens (tertiary/aromatic N) is 2. The van der Waals surface area contributed by atoms with Crippen molar-refractivity contribution in [1.82, 2.24) is 9.97 Å². The van der Waals surface area contributed by atoms with E-state index >= 15 is 0 Å². The minimum atomic E-state index is -0.824. The second-order valence-corrected chi connectivity index (χ2v) is 7.25. The maximum atomic E-state index is 11.2. The van der Waals surface area contributed by atoms with Gasteiger partial charge in [-0.1, -0.05) is 42.8 Å². The van der Waals surface area contributed by atoms with Crippen LogP contribution in [-0.2, 0) is 17.6 Å². The SMILES string of the molecule is NC(CCCCc1coc(CC(CC(=O)O)c2ccccc2)n1)c1ccccn1. The van der Waals surface area contributed by atoms with E-state index in [0.29, 0.717) is 12.3 Å². The van der Waals surface area contributed by atoms with Gasteiger partial charge in [-0.25, -0.2) is 4.98 Å². The number of aromatic nitrogens is 2. The molecule has 1 aromatic carbocycles. The fourth-order valence-electron chi connectivity index (χ4n) is 3.43. The number of aryl methyl sites for hydroxylation is 1. The van der Waals surface area contributed by atoms with Crippen LogP contribution in [0.4, 0.5) is 0 Å². The lowest BCUT2D eigenvalue weighted by atomic mass is 9.92. The van der Waals surface area contributed by atoms with E-state index in [4.69, 9.17) is 10.2 Å². The Morgan fingerprint density at radius 3 is 2.62 bits per heavy atom. The van der Waals surface area contributed by atoms with Crippen LogP contribution < -0.4 is 5.73 Å². The molecule has 0 fully saturated rings. The average molecular weight is 393 g/mol. The van der Waals surface area contributed by atoms with Gasteiger partial charge in [-0.2, -0.15) is 0 Å². The van der Waals surface area contributed by atoms with Crippen molar-refractivity contribution in [3.63, 3.8) is 0 Å². The lowest BCUT2D eigenvalue weighted by molar-refractivity contribution is -0.137. The standard InChI is InChI=1S/C23H27N3O3/c24-20(21-12-6-7-13-25-21)11-5-4-10-19-16-29-22(26-19)14-18(15-23(27)28)17-8-2-1-3-9-17/h1-3,6-9,12-13,16,18,20H,4-5,10-11,14-15,24H2,(H,27,28). The van der Waals surface area contributed by atoms with Gasteiger partial charge in [0.05, 0.1) is 17.8 Å². The summed E-state index contributed by atoms with van der Waals surface area (Å²) in [6.07, 6.45) is 7.59. The van der Waals surface area contributed by atoms with Gasteiger partial charge in [0.2, 0.25) is 0 Å². The molecule has 0 saturated carbocycles. The van der Waals surface area contributed by atoms with Crippen LogP contribution in [-0.4, -0.2) is 21.0 Å². The van der Waals surface area contributed by atoms with Gasteiger partial charge in [-0.15, -0.1) is 0 Å². The van der Waals surface area contributed by atoms with Gasteiger partial charge in [0.1, 0.15) is 6.26 Å². The van der Waals surface area contributed by atoms with E-state index in [1.807, 2.05) is 48.5 Å². The molecule has 6 nitrogen and oxygen atoms in total. The number of carboxylic acids is 1. The van der Waals surface area contributed by atoms with Crippen LogP contribution in [0.15, 0.2) is 65.4 Å². The van der Waals surface area contributed by atoms with Crippen LogP contribution in [0.3, 0.4) is 0 Å². The highest BCUT2D eigenvalue weighted by molar-refractivity contribution is 5.68. The van der Waals surface area contributed by atoms with Gasteiger partial charge in [0.25, 0.3) is 0 Å². The summed E-state index contributed by atoms with van der Waals surface area (Å²) < 4.78 is 5.61. The summed E-state index contributed by atoms with van der Waals surface area (Å²) in [5, 5.41) is 9.23. The Morgan fingerprint density at radius 1 is 1.10 bits per heavy atom. The van der Waals surface area contributed by atoms with Crippen LogP contribution in [0.1, 0.15) is 60.5 Å². The highest BCUT2D eigenvalue weighted by Crippen LogP contribution is 2.24. The van der Waals surface area contributed by atoms with E-state index in [1.54, 1.807) is 12.5 Å². The van der Waals surface area contributed by atoms with Gasteiger partial charge in [-0.3, -0.25) is 9.78 Å². The summed E-state index contributed by atoms with van der Waals surface area (Å²) in [7, 11) is 0. The molecule has 0 aliphatic heterocycles. The Balaban J connectivity index is 1.48. The second-order valence-electron chi connectivity index (χ2n) is 7.25. The highest BCUT2D eigenvalue weighted by atomic mass is 16.4. The minimum Gasteiger partial charge on any atom is -0.481 e. The Bertz CT molecular complexity index is 881. The summed E-state index contributed by atoms with van der Waals surface area (Å²) in [4.78, 5) is 20.1. The molecule has 3 aromatic rings. The van der Waals surface area contributed by atoms with Crippen molar-refractivity contribution in [2.45, 2.75) is 50.5 Å². The van der Waals surface area contributed by atoms with Gasteiger partial charge < -0.3 is 15.3 Å². The number of rotatable bonds is 11. The number of unbranched alkanes of at least 4 members (excludes halogenated alkanes) is 1. The fourth-order valence-corrected chi connectivity index (χ4v) is 3.43. The Morgan fingerprint density at radius 2 is 1.90 bits per heavy atom. The van der Waals surface area contributed by atoms with E-state index in [0.717, 1.165) is 42.6 Å². The van der Waals surface area contributed by atoms with Gasteiger partial charge >= 0.3 is 5.97 Å². The van der Waals surface area contributed by atoms with Gasteiger partial charge in [-0.05, 0) is 37.0 Å². The molecule has 3 N–H and O–H groups in total. The van der Waals surface area contributed by atoms with Crippen LogP contribution in [0, 0.1) is 0 Å². The Labute approximate surface area is 170 Å². The lowest BCUT2D eigenvalue weighted by Gasteiger charge is -2.13. The maximum Gasteiger partial charge on any atom is 0.303 e. The van der Waals surface area contributed by atoms with Crippen LogP contribution in [0.2, 0.25) is 0 Å². The minimum absolute atomic E-state index is 0.0487. The Hall–Kier alpha value is -2.99. The molecule has 0 aliphatic rings. The van der Waals surface area contributed by atoms with Crippen molar-refractivity contribution < 1.29 is 14.3 Å². The third-order valence-corrected chi connectivity index (χ3v) is 4.98. The number of carboxylic acid groups (broad SMARTS) is 1. The molecule has 0 spiro atoms. The summed E-state index contributed by atoms with van der Waals surface area (Å²) in [5.41, 5.74) is 8.98. The van der Waals surface area contributed by atoms with Gasteiger partial charge in [0, 0.05) is 24.6 Å². The zero-order valence-electron chi connectivity index (χ0n) is 16.4. The van der Waals surface area contributed by atoms with Crippen molar-refractivity contribution in [1.29, 1.82) is 0 Å². The lowest BCUT2D eigenvalue weighted by Crippen LogP contribution is -2.11. The summed E-state index contributed by atoms with van der Waals surface area (Å²) in [6.45, 7) is 0. The number of oxazole rings is 1. The van der Waals surface area contributed by atoms with Crippen molar-refractivity contribution in [3.05, 3.63) is 83.8 Å². The summed E-state index contributed by atoms with van der Waals surface area (Å²) in [5.74, 6) is -0.397. The van der Waals surface area contributed by atoms with E-state index in [1.165, 1.54) is 0 Å². The zero-order valence-corrected chi connectivity index (χ0v) is 16.4. The van der Waals surface area contributed by atoms with Crippen molar-refractivity contribution in [2.24, 2.45) is 5.73 Å². The molecule has 29 heavy (non-hydrogen) atoms. The fraction of sp³-hybridized carbons (Fsp3) is 0.348. The molecule has 2 aromatic heterocycles. The molecule has 152 valence electrons. The number of benzene rings is 1. The smallest absolute Gasteiger partial charge is 0.303 e. The number of hydrogen-bond donors (Lipinski definition) is 2. The normalized spacial score (nSPS) is 13.1. The molecule has 0 saturated heterocycles. The third kappa shape index (κ3) is 6.54. The molecule has 0 amide bonds. The molecule has 3 rings (SSSR count). The molecule has 2 atom stereocenters. The maximum absolute atomic E-state index is 11.2.